The number of nitrogen functional groups attached to an aromatic ring is 1. The molecule has 0 fully saturated rings. The summed E-state index contributed by atoms with van der Waals surface area (Å²) >= 11 is 0. The van der Waals surface area contributed by atoms with E-state index in [0.717, 1.165) is 6.07 Å². The molecule has 0 radical (unpaired) electrons. The number of hydrogen-bond acceptors (Lipinski definition) is 4. The molecule has 100 valence electrons. The second kappa shape index (κ2) is 3.97. The summed E-state index contributed by atoms with van der Waals surface area (Å²) in [7, 11) is 0. The van der Waals surface area contributed by atoms with Gasteiger partial charge in [-0.2, -0.15) is 13.2 Å². The van der Waals surface area contributed by atoms with Crippen LogP contribution in [0.25, 0.3) is 11.0 Å². The van der Waals surface area contributed by atoms with Crippen LogP contribution < -0.4 is 11.3 Å². The van der Waals surface area contributed by atoms with Crippen LogP contribution in [0, 0.1) is 0 Å². The molecular formula is C10H6F3N3O3. The van der Waals surface area contributed by atoms with Gasteiger partial charge in [-0.05, 0) is 12.1 Å². The lowest BCUT2D eigenvalue weighted by molar-refractivity contribution is -0.136. The summed E-state index contributed by atoms with van der Waals surface area (Å²) in [5.74, 6) is -1.58. The zero-order chi connectivity index (χ0) is 14.4. The second-order valence-corrected chi connectivity index (χ2v) is 3.67. The Morgan fingerprint density at radius 3 is 2.53 bits per heavy atom. The fourth-order valence-corrected chi connectivity index (χ4v) is 1.54. The number of nitrogens with zero attached hydrogens (tertiary/aromatic N) is 1. The van der Waals surface area contributed by atoms with Gasteiger partial charge in [0.25, 0.3) is 5.56 Å². The standard InChI is InChI=1S/C10H6F3N3O3/c11-10(12,13)3-1-5-6(2-4(3)14)15-7(9(18)19)8(17)16-5/h1-2H,14H2,(H,16,17)(H,18,19). The highest BCUT2D eigenvalue weighted by atomic mass is 19.4. The molecule has 0 unspecified atom stereocenters. The predicted molar refractivity (Wildman–Crippen MR) is 58.7 cm³/mol. The summed E-state index contributed by atoms with van der Waals surface area (Å²) in [4.78, 5) is 27.5. The SMILES string of the molecule is Nc1cc2nc(C(=O)O)c(=O)[nH]c2cc1C(F)(F)F. The molecule has 2 rings (SSSR count). The molecule has 0 aliphatic rings. The molecule has 4 N–H and O–H groups in total. The highest BCUT2D eigenvalue weighted by Crippen LogP contribution is 2.35. The van der Waals surface area contributed by atoms with Crippen molar-refractivity contribution >= 4 is 22.7 Å². The van der Waals surface area contributed by atoms with Crippen molar-refractivity contribution in [3.8, 4) is 0 Å². The average Bonchev–Trinajstić information content (AvgIpc) is 2.26. The van der Waals surface area contributed by atoms with Crippen LogP contribution in [0.5, 0.6) is 0 Å². The third-order valence-electron chi connectivity index (χ3n) is 2.37. The number of aromatic nitrogens is 2. The number of nitrogens with two attached hydrogens (primary N) is 1. The van der Waals surface area contributed by atoms with Gasteiger partial charge in [-0.15, -0.1) is 0 Å². The van der Waals surface area contributed by atoms with Gasteiger partial charge in [0, 0.05) is 5.69 Å². The Bertz CT molecular complexity index is 736. The zero-order valence-electron chi connectivity index (χ0n) is 9.08. The Kier molecular flexibility index (Phi) is 2.69. The van der Waals surface area contributed by atoms with Crippen LogP contribution in [0.15, 0.2) is 16.9 Å². The summed E-state index contributed by atoms with van der Waals surface area (Å²) in [5.41, 5.74) is 1.24. The van der Waals surface area contributed by atoms with Crippen LogP contribution in [-0.2, 0) is 6.18 Å². The molecule has 2 aromatic rings. The Balaban J connectivity index is 2.80. The lowest BCUT2D eigenvalue weighted by Crippen LogP contribution is -2.20. The molecule has 0 spiro atoms. The van der Waals surface area contributed by atoms with Gasteiger partial charge in [0.2, 0.25) is 5.69 Å². The summed E-state index contributed by atoms with van der Waals surface area (Å²) in [6, 6.07) is 1.48. The number of carboxylic acid groups (broad SMARTS) is 1. The van der Waals surface area contributed by atoms with Crippen molar-refractivity contribution in [1.29, 1.82) is 0 Å². The smallest absolute Gasteiger partial charge is 0.418 e. The fourth-order valence-electron chi connectivity index (χ4n) is 1.54. The van der Waals surface area contributed by atoms with E-state index in [0.29, 0.717) is 6.07 Å². The second-order valence-electron chi connectivity index (χ2n) is 3.67. The van der Waals surface area contributed by atoms with Gasteiger partial charge in [-0.25, -0.2) is 9.78 Å². The van der Waals surface area contributed by atoms with Gasteiger partial charge in [0.05, 0.1) is 16.6 Å². The van der Waals surface area contributed by atoms with Crippen molar-refractivity contribution in [1.82, 2.24) is 9.97 Å². The number of fused-ring (bicyclic) bond motifs is 1. The first kappa shape index (κ1) is 12.9. The maximum Gasteiger partial charge on any atom is 0.418 e. The van der Waals surface area contributed by atoms with Crippen molar-refractivity contribution in [3.05, 3.63) is 33.7 Å². The summed E-state index contributed by atoms with van der Waals surface area (Å²) < 4.78 is 37.8. The number of hydrogen-bond donors (Lipinski definition) is 3. The number of carbonyl (C=O) groups is 1. The quantitative estimate of drug-likeness (QED) is 0.677. The Hall–Kier alpha value is -2.58. The molecule has 6 nitrogen and oxygen atoms in total. The van der Waals surface area contributed by atoms with E-state index in [9.17, 15) is 22.8 Å². The van der Waals surface area contributed by atoms with Gasteiger partial charge in [-0.1, -0.05) is 0 Å². The number of H-pyrrole nitrogens is 1. The van der Waals surface area contributed by atoms with E-state index >= 15 is 0 Å². The van der Waals surface area contributed by atoms with Crippen LogP contribution in [0.1, 0.15) is 16.1 Å². The number of nitrogens with one attached hydrogen (secondary N) is 1. The van der Waals surface area contributed by atoms with E-state index in [-0.39, 0.29) is 11.0 Å². The van der Waals surface area contributed by atoms with Crippen LogP contribution in [0.2, 0.25) is 0 Å². The third kappa shape index (κ3) is 2.21. The molecule has 1 aromatic carbocycles. The van der Waals surface area contributed by atoms with Crippen molar-refractivity contribution in [2.45, 2.75) is 6.18 Å². The number of rotatable bonds is 1. The maximum absolute atomic E-state index is 12.6. The van der Waals surface area contributed by atoms with E-state index in [2.05, 4.69) is 4.98 Å². The number of alkyl halides is 3. The minimum atomic E-state index is -4.68. The van der Waals surface area contributed by atoms with Gasteiger partial charge in [-0.3, -0.25) is 4.79 Å². The number of aromatic carboxylic acids is 1. The maximum atomic E-state index is 12.6. The largest absolute Gasteiger partial charge is 0.476 e. The van der Waals surface area contributed by atoms with Gasteiger partial charge < -0.3 is 15.8 Å². The lowest BCUT2D eigenvalue weighted by atomic mass is 10.1. The van der Waals surface area contributed by atoms with Crippen LogP contribution in [0.4, 0.5) is 18.9 Å². The zero-order valence-corrected chi connectivity index (χ0v) is 9.08. The van der Waals surface area contributed by atoms with Crippen LogP contribution in [-0.4, -0.2) is 21.0 Å². The molecule has 1 heterocycles. The number of halogens is 3. The predicted octanol–water partition coefficient (Wildman–Crippen LogP) is 1.22. The molecule has 0 saturated carbocycles. The molecule has 19 heavy (non-hydrogen) atoms. The first-order valence-electron chi connectivity index (χ1n) is 4.84. The fraction of sp³-hybridized carbons (Fsp3) is 0.100. The minimum absolute atomic E-state index is 0.137. The van der Waals surface area contributed by atoms with Crippen molar-refractivity contribution in [2.24, 2.45) is 0 Å². The highest BCUT2D eigenvalue weighted by molar-refractivity contribution is 5.88. The normalized spacial score (nSPS) is 11.7. The summed E-state index contributed by atoms with van der Waals surface area (Å²) in [6.07, 6.45) is -4.68. The first-order chi connectivity index (χ1) is 8.70. The Labute approximate surface area is 102 Å². The monoisotopic (exact) mass is 273 g/mol. The van der Waals surface area contributed by atoms with E-state index in [1.54, 1.807) is 0 Å². The molecule has 0 bridgehead atoms. The molecule has 0 amide bonds. The molecule has 0 aliphatic heterocycles. The van der Waals surface area contributed by atoms with E-state index in [4.69, 9.17) is 10.8 Å². The van der Waals surface area contributed by atoms with Crippen molar-refractivity contribution < 1.29 is 23.1 Å². The number of carboxylic acids is 1. The molecular weight excluding hydrogens is 267 g/mol. The molecule has 0 atom stereocenters. The van der Waals surface area contributed by atoms with E-state index in [1.165, 1.54) is 0 Å². The number of anilines is 1. The average molecular weight is 273 g/mol. The van der Waals surface area contributed by atoms with E-state index < -0.39 is 34.6 Å². The molecule has 9 heteroatoms. The van der Waals surface area contributed by atoms with Gasteiger partial charge in [0.1, 0.15) is 0 Å². The van der Waals surface area contributed by atoms with Crippen LogP contribution in [0.3, 0.4) is 0 Å². The number of aromatic amines is 1. The minimum Gasteiger partial charge on any atom is -0.476 e. The molecule has 1 aromatic heterocycles. The van der Waals surface area contributed by atoms with Crippen molar-refractivity contribution in [2.75, 3.05) is 5.73 Å². The summed E-state index contributed by atoms with van der Waals surface area (Å²) in [5, 5.41) is 8.68. The first-order valence-corrected chi connectivity index (χ1v) is 4.84. The van der Waals surface area contributed by atoms with Gasteiger partial charge >= 0.3 is 12.1 Å². The highest BCUT2D eigenvalue weighted by Gasteiger charge is 2.33. The van der Waals surface area contributed by atoms with E-state index in [1.807, 2.05) is 4.98 Å². The molecule has 0 saturated heterocycles. The lowest BCUT2D eigenvalue weighted by Gasteiger charge is -2.10. The van der Waals surface area contributed by atoms with Gasteiger partial charge in [0.15, 0.2) is 0 Å². The topological polar surface area (TPSA) is 109 Å². The van der Waals surface area contributed by atoms with Crippen molar-refractivity contribution in [3.63, 3.8) is 0 Å². The van der Waals surface area contributed by atoms with Crippen LogP contribution >= 0.6 is 0 Å². The Morgan fingerprint density at radius 2 is 2.00 bits per heavy atom. The number of benzene rings is 1. The third-order valence-corrected chi connectivity index (χ3v) is 2.37. The Morgan fingerprint density at radius 1 is 1.37 bits per heavy atom. The molecule has 0 aliphatic carbocycles. The summed E-state index contributed by atoms with van der Waals surface area (Å²) in [6.45, 7) is 0.